The fourth-order valence-corrected chi connectivity index (χ4v) is 4.91. The van der Waals surface area contributed by atoms with E-state index in [1.54, 1.807) is 0 Å². The van der Waals surface area contributed by atoms with Crippen molar-refractivity contribution >= 4 is 11.0 Å². The Balaban J connectivity index is 1.60. The average Bonchev–Trinajstić information content (AvgIpc) is 3.17. The van der Waals surface area contributed by atoms with Crippen LogP contribution in [-0.4, -0.2) is 26.3 Å². The minimum Gasteiger partial charge on any atom is -0.326 e. The third-order valence-electron chi connectivity index (χ3n) is 6.15. The summed E-state index contributed by atoms with van der Waals surface area (Å²) in [7, 11) is 0. The number of aromatic nitrogens is 2. The lowest BCUT2D eigenvalue weighted by molar-refractivity contribution is -0.225. The summed E-state index contributed by atoms with van der Waals surface area (Å²) >= 11 is 0. The van der Waals surface area contributed by atoms with E-state index in [0.29, 0.717) is 18.0 Å². The quantitative estimate of drug-likeness (QED) is 0.795. The van der Waals surface area contributed by atoms with Crippen molar-refractivity contribution in [2.75, 3.05) is 0 Å². The molecule has 1 aliphatic carbocycles. The number of fused-ring (bicyclic) bond motifs is 5. The van der Waals surface area contributed by atoms with Gasteiger partial charge in [0.1, 0.15) is 11.9 Å². The number of benzene rings is 1. The largest absolute Gasteiger partial charge is 0.326 e. The smallest absolute Gasteiger partial charge is 0.130 e. The Kier molecular flexibility index (Phi) is 2.92. The van der Waals surface area contributed by atoms with Crippen LogP contribution in [0, 0.1) is 5.92 Å². The number of imidazole rings is 1. The number of hydrogen-bond donors (Lipinski definition) is 0. The predicted octanol–water partition coefficient (Wildman–Crippen LogP) is 4.07. The lowest BCUT2D eigenvalue weighted by Gasteiger charge is -2.33. The van der Waals surface area contributed by atoms with Crippen LogP contribution in [0.5, 0.6) is 0 Å². The number of hydrogen-bond acceptors (Lipinski definition) is 3. The summed E-state index contributed by atoms with van der Waals surface area (Å²) < 4.78 is 2.44. The first-order valence-corrected chi connectivity index (χ1v) is 9.08. The summed E-state index contributed by atoms with van der Waals surface area (Å²) in [6.07, 6.45) is 6.57. The fraction of sp³-hybridized carbons (Fsp3) is 0.632. The molecule has 122 valence electrons. The Morgan fingerprint density at radius 2 is 1.91 bits per heavy atom. The molecule has 5 rings (SSSR count). The van der Waals surface area contributed by atoms with Gasteiger partial charge in [0.05, 0.1) is 16.6 Å². The minimum atomic E-state index is -0.107. The van der Waals surface area contributed by atoms with Crippen LogP contribution in [0.3, 0.4) is 0 Å². The highest BCUT2D eigenvalue weighted by Gasteiger charge is 2.56. The molecule has 2 aromatic rings. The maximum absolute atomic E-state index is 6.49. The lowest BCUT2D eigenvalue weighted by Crippen LogP contribution is -2.37. The molecule has 1 aromatic carbocycles. The monoisotopic (exact) mass is 311 g/mol. The molecule has 2 atom stereocenters. The topological polar surface area (TPSA) is 30.3 Å². The van der Waals surface area contributed by atoms with Crippen LogP contribution in [0.15, 0.2) is 24.3 Å². The van der Waals surface area contributed by atoms with Gasteiger partial charge in [-0.2, -0.15) is 5.06 Å². The average molecular weight is 311 g/mol. The molecule has 3 heterocycles. The van der Waals surface area contributed by atoms with Crippen LogP contribution in [0.4, 0.5) is 0 Å². The molecule has 3 aliphatic rings. The van der Waals surface area contributed by atoms with Gasteiger partial charge in [-0.3, -0.25) is 4.84 Å². The van der Waals surface area contributed by atoms with Crippen LogP contribution in [-0.2, 0) is 11.4 Å². The van der Waals surface area contributed by atoms with E-state index in [0.717, 1.165) is 12.1 Å². The third kappa shape index (κ3) is 1.94. The molecule has 0 bridgehead atoms. The van der Waals surface area contributed by atoms with Crippen molar-refractivity contribution in [1.82, 2.24) is 14.6 Å². The first-order chi connectivity index (χ1) is 11.1. The normalized spacial score (nSPS) is 30.7. The SMILES string of the molecule is CC1(C)ON(C2CCCCC2)[C@H]2c3nc4ccccc4n3C[C@H]21. The van der Waals surface area contributed by atoms with E-state index >= 15 is 0 Å². The molecular formula is C19H25N3O. The van der Waals surface area contributed by atoms with Gasteiger partial charge in [0, 0.05) is 18.5 Å². The van der Waals surface area contributed by atoms with E-state index in [-0.39, 0.29) is 5.60 Å². The summed E-state index contributed by atoms with van der Waals surface area (Å²) in [6, 6.07) is 9.40. The first kappa shape index (κ1) is 14.0. The number of nitrogens with zero attached hydrogens (tertiary/aromatic N) is 3. The molecule has 4 heteroatoms. The highest BCUT2D eigenvalue weighted by atomic mass is 16.7. The standard InChI is InChI=1S/C19H25N3O/c1-19(2)14-12-21-16-11-7-6-10-15(16)20-18(21)17(14)22(23-19)13-8-4-3-5-9-13/h6-7,10-11,13-14,17H,3-5,8-9,12H2,1-2H3/t14-,17-/m1/s1. The van der Waals surface area contributed by atoms with E-state index in [2.05, 4.69) is 47.7 Å². The number of rotatable bonds is 1. The van der Waals surface area contributed by atoms with Crippen molar-refractivity contribution in [3.8, 4) is 0 Å². The van der Waals surface area contributed by atoms with E-state index in [4.69, 9.17) is 9.82 Å². The Morgan fingerprint density at radius 3 is 2.74 bits per heavy atom. The van der Waals surface area contributed by atoms with Crippen LogP contribution < -0.4 is 0 Å². The van der Waals surface area contributed by atoms with Gasteiger partial charge in [-0.15, -0.1) is 0 Å². The molecule has 2 fully saturated rings. The molecule has 0 radical (unpaired) electrons. The second kappa shape index (κ2) is 4.81. The Bertz CT molecular complexity index is 744. The van der Waals surface area contributed by atoms with E-state index in [1.165, 1.54) is 43.4 Å². The highest BCUT2D eigenvalue weighted by Crippen LogP contribution is 2.52. The van der Waals surface area contributed by atoms with Gasteiger partial charge in [0.15, 0.2) is 0 Å². The minimum absolute atomic E-state index is 0.107. The Labute approximate surface area is 137 Å². The van der Waals surface area contributed by atoms with Crippen molar-refractivity contribution in [1.29, 1.82) is 0 Å². The van der Waals surface area contributed by atoms with Crippen molar-refractivity contribution < 1.29 is 4.84 Å². The summed E-state index contributed by atoms with van der Waals surface area (Å²) in [5, 5.41) is 2.34. The second-order valence-corrected chi connectivity index (χ2v) is 7.97. The molecule has 4 nitrogen and oxygen atoms in total. The van der Waals surface area contributed by atoms with Crippen molar-refractivity contribution in [3.63, 3.8) is 0 Å². The molecule has 1 saturated heterocycles. The molecule has 23 heavy (non-hydrogen) atoms. The summed E-state index contributed by atoms with van der Waals surface area (Å²) in [5.41, 5.74) is 2.29. The Morgan fingerprint density at radius 1 is 1.13 bits per heavy atom. The van der Waals surface area contributed by atoms with Crippen LogP contribution >= 0.6 is 0 Å². The zero-order valence-electron chi connectivity index (χ0n) is 14.0. The highest BCUT2D eigenvalue weighted by molar-refractivity contribution is 5.76. The second-order valence-electron chi connectivity index (χ2n) is 7.97. The van der Waals surface area contributed by atoms with Gasteiger partial charge >= 0.3 is 0 Å². The lowest BCUT2D eigenvalue weighted by atomic mass is 9.86. The third-order valence-corrected chi connectivity index (χ3v) is 6.15. The number of para-hydroxylation sites is 2. The molecule has 2 aliphatic heterocycles. The van der Waals surface area contributed by atoms with Gasteiger partial charge in [-0.05, 0) is 38.8 Å². The summed E-state index contributed by atoms with van der Waals surface area (Å²) in [6.45, 7) is 5.53. The van der Waals surface area contributed by atoms with Crippen molar-refractivity contribution in [2.24, 2.45) is 5.92 Å². The van der Waals surface area contributed by atoms with E-state index < -0.39 is 0 Å². The van der Waals surface area contributed by atoms with Gasteiger partial charge in [-0.1, -0.05) is 31.4 Å². The van der Waals surface area contributed by atoms with Gasteiger partial charge in [-0.25, -0.2) is 4.98 Å². The van der Waals surface area contributed by atoms with Crippen molar-refractivity contribution in [2.45, 2.75) is 70.2 Å². The van der Waals surface area contributed by atoms with Gasteiger partial charge < -0.3 is 4.57 Å². The molecule has 1 aromatic heterocycles. The zero-order chi connectivity index (χ0) is 15.6. The van der Waals surface area contributed by atoms with E-state index in [9.17, 15) is 0 Å². The van der Waals surface area contributed by atoms with Crippen LogP contribution in [0.1, 0.15) is 57.8 Å². The molecule has 1 saturated carbocycles. The molecule has 0 N–H and O–H groups in total. The summed E-state index contributed by atoms with van der Waals surface area (Å²) in [5.74, 6) is 1.71. The molecule has 0 unspecified atom stereocenters. The van der Waals surface area contributed by atoms with Crippen LogP contribution in [0.25, 0.3) is 11.0 Å². The maximum Gasteiger partial charge on any atom is 0.130 e. The fourth-order valence-electron chi connectivity index (χ4n) is 4.91. The van der Waals surface area contributed by atoms with Crippen molar-refractivity contribution in [3.05, 3.63) is 30.1 Å². The maximum atomic E-state index is 6.49. The van der Waals surface area contributed by atoms with Gasteiger partial charge in [0.25, 0.3) is 0 Å². The first-order valence-electron chi connectivity index (χ1n) is 9.08. The predicted molar refractivity (Wildman–Crippen MR) is 89.8 cm³/mol. The molecular weight excluding hydrogens is 286 g/mol. The number of hydroxylamine groups is 2. The van der Waals surface area contributed by atoms with Crippen LogP contribution in [0.2, 0.25) is 0 Å². The molecule has 0 spiro atoms. The zero-order valence-corrected chi connectivity index (χ0v) is 14.0. The Hall–Kier alpha value is -1.39. The summed E-state index contributed by atoms with van der Waals surface area (Å²) in [4.78, 5) is 11.5. The van der Waals surface area contributed by atoms with Gasteiger partial charge in [0.2, 0.25) is 0 Å². The van der Waals surface area contributed by atoms with E-state index in [1.807, 2.05) is 0 Å². The molecule has 0 amide bonds.